The van der Waals surface area contributed by atoms with Gasteiger partial charge in [-0.25, -0.2) is 0 Å². The van der Waals surface area contributed by atoms with E-state index < -0.39 is 0 Å². The van der Waals surface area contributed by atoms with E-state index in [-0.39, 0.29) is 6.10 Å². The van der Waals surface area contributed by atoms with E-state index in [0.717, 1.165) is 12.8 Å². The Morgan fingerprint density at radius 1 is 1.23 bits per heavy atom. The molecule has 80 valence electrons. The van der Waals surface area contributed by atoms with Crippen molar-refractivity contribution < 1.29 is 9.84 Å². The summed E-state index contributed by atoms with van der Waals surface area (Å²) in [6.45, 7) is 7.96. The Hall–Kier alpha value is -0.120. The second-order valence-corrected chi connectivity index (χ2v) is 3.23. The normalized spacial score (nSPS) is 13.6. The summed E-state index contributed by atoms with van der Waals surface area (Å²) in [7, 11) is 0. The lowest BCUT2D eigenvalue weighted by molar-refractivity contribution is 0.0412. The van der Waals surface area contributed by atoms with Crippen LogP contribution in [-0.2, 0) is 4.74 Å². The molecule has 0 aromatic rings. The van der Waals surface area contributed by atoms with Crippen LogP contribution in [-0.4, -0.2) is 37.0 Å². The summed E-state index contributed by atoms with van der Waals surface area (Å²) < 4.78 is 5.10. The van der Waals surface area contributed by atoms with Crippen molar-refractivity contribution in [3.05, 3.63) is 0 Å². The molecule has 0 aliphatic rings. The molecule has 0 saturated heterocycles. The number of aliphatic hydroxyl groups is 1. The number of hydrogen-bond acceptors (Lipinski definition) is 3. The second-order valence-electron chi connectivity index (χ2n) is 3.23. The van der Waals surface area contributed by atoms with Crippen LogP contribution in [0.2, 0.25) is 0 Å². The summed E-state index contributed by atoms with van der Waals surface area (Å²) in [4.78, 5) is 0. The Kier molecular flexibility index (Phi) is 8.40. The van der Waals surface area contributed by atoms with Gasteiger partial charge in [0.2, 0.25) is 0 Å². The fourth-order valence-corrected chi connectivity index (χ4v) is 1.19. The minimum absolute atomic E-state index is 0.374. The lowest BCUT2D eigenvalue weighted by atomic mass is 10.1. The Labute approximate surface area is 81.5 Å². The third-order valence-electron chi connectivity index (χ3n) is 2.14. The topological polar surface area (TPSA) is 41.5 Å². The first-order valence-corrected chi connectivity index (χ1v) is 5.23. The van der Waals surface area contributed by atoms with E-state index in [9.17, 15) is 5.11 Å². The molecule has 0 rings (SSSR count). The molecule has 0 fully saturated rings. The molecular formula is C10H23NO2. The van der Waals surface area contributed by atoms with Crippen LogP contribution >= 0.6 is 0 Å². The molecular weight excluding hydrogens is 166 g/mol. The van der Waals surface area contributed by atoms with Crippen LogP contribution in [0.15, 0.2) is 0 Å². The van der Waals surface area contributed by atoms with Crippen LogP contribution in [0.4, 0.5) is 0 Å². The van der Waals surface area contributed by atoms with Gasteiger partial charge in [0.25, 0.3) is 0 Å². The molecule has 0 aliphatic carbocycles. The highest BCUT2D eigenvalue weighted by molar-refractivity contribution is 4.66. The monoisotopic (exact) mass is 189 g/mol. The molecule has 0 spiro atoms. The SMILES string of the molecule is CCOCC(O)CNC(CC)CC. The van der Waals surface area contributed by atoms with Gasteiger partial charge in [0, 0.05) is 19.2 Å². The molecule has 1 atom stereocenters. The standard InChI is InChI=1S/C10H23NO2/c1-4-9(5-2)11-7-10(12)8-13-6-3/h9-12H,4-8H2,1-3H3. The smallest absolute Gasteiger partial charge is 0.0897 e. The van der Waals surface area contributed by atoms with E-state index in [2.05, 4.69) is 19.2 Å². The fourth-order valence-electron chi connectivity index (χ4n) is 1.19. The molecule has 1 unspecified atom stereocenters. The summed E-state index contributed by atoms with van der Waals surface area (Å²) in [6.07, 6.45) is 1.84. The van der Waals surface area contributed by atoms with Crippen molar-refractivity contribution in [1.29, 1.82) is 0 Å². The van der Waals surface area contributed by atoms with Crippen LogP contribution < -0.4 is 5.32 Å². The molecule has 0 heterocycles. The van der Waals surface area contributed by atoms with Crippen molar-refractivity contribution in [2.75, 3.05) is 19.8 Å². The Bertz CT molecular complexity index is 105. The van der Waals surface area contributed by atoms with Crippen molar-refractivity contribution in [3.63, 3.8) is 0 Å². The van der Waals surface area contributed by atoms with Crippen molar-refractivity contribution in [3.8, 4) is 0 Å². The van der Waals surface area contributed by atoms with Crippen LogP contribution in [0.3, 0.4) is 0 Å². The Balaban J connectivity index is 3.38. The summed E-state index contributed by atoms with van der Waals surface area (Å²) in [6, 6.07) is 0.524. The van der Waals surface area contributed by atoms with E-state index in [1.165, 1.54) is 0 Å². The third kappa shape index (κ3) is 6.99. The molecule has 0 amide bonds. The van der Waals surface area contributed by atoms with Gasteiger partial charge < -0.3 is 15.2 Å². The van der Waals surface area contributed by atoms with Gasteiger partial charge in [-0.05, 0) is 19.8 Å². The predicted octanol–water partition coefficient (Wildman–Crippen LogP) is 1.16. The van der Waals surface area contributed by atoms with E-state index in [0.29, 0.717) is 25.8 Å². The van der Waals surface area contributed by atoms with Crippen LogP contribution in [0.5, 0.6) is 0 Å². The highest BCUT2D eigenvalue weighted by Gasteiger charge is 2.07. The van der Waals surface area contributed by atoms with Gasteiger partial charge >= 0.3 is 0 Å². The first-order valence-electron chi connectivity index (χ1n) is 5.23. The van der Waals surface area contributed by atoms with Gasteiger partial charge in [-0.3, -0.25) is 0 Å². The van der Waals surface area contributed by atoms with Crippen molar-refractivity contribution in [2.45, 2.75) is 45.8 Å². The molecule has 3 nitrogen and oxygen atoms in total. The number of aliphatic hydroxyl groups excluding tert-OH is 1. The van der Waals surface area contributed by atoms with Gasteiger partial charge in [0.05, 0.1) is 12.7 Å². The van der Waals surface area contributed by atoms with Gasteiger partial charge in [-0.1, -0.05) is 13.8 Å². The molecule has 2 N–H and O–H groups in total. The van der Waals surface area contributed by atoms with Crippen molar-refractivity contribution in [1.82, 2.24) is 5.32 Å². The maximum Gasteiger partial charge on any atom is 0.0897 e. The number of nitrogens with one attached hydrogen (secondary N) is 1. The van der Waals surface area contributed by atoms with Crippen LogP contribution in [0, 0.1) is 0 Å². The zero-order chi connectivity index (χ0) is 10.1. The van der Waals surface area contributed by atoms with E-state index in [4.69, 9.17) is 4.74 Å². The van der Waals surface area contributed by atoms with Crippen LogP contribution in [0.1, 0.15) is 33.6 Å². The van der Waals surface area contributed by atoms with E-state index >= 15 is 0 Å². The molecule has 0 aromatic heterocycles. The predicted molar refractivity (Wildman–Crippen MR) is 54.9 cm³/mol. The largest absolute Gasteiger partial charge is 0.389 e. The van der Waals surface area contributed by atoms with Gasteiger partial charge in [-0.2, -0.15) is 0 Å². The molecule has 0 radical (unpaired) electrons. The van der Waals surface area contributed by atoms with Crippen molar-refractivity contribution in [2.24, 2.45) is 0 Å². The first-order chi connectivity index (χ1) is 6.24. The quantitative estimate of drug-likeness (QED) is 0.602. The lowest BCUT2D eigenvalue weighted by Crippen LogP contribution is -2.36. The summed E-state index contributed by atoms with van der Waals surface area (Å²) in [5.41, 5.74) is 0. The Morgan fingerprint density at radius 3 is 2.31 bits per heavy atom. The zero-order valence-corrected chi connectivity index (χ0v) is 9.05. The van der Waals surface area contributed by atoms with E-state index in [1.54, 1.807) is 0 Å². The molecule has 0 saturated carbocycles. The maximum absolute atomic E-state index is 9.43. The van der Waals surface area contributed by atoms with Crippen molar-refractivity contribution >= 4 is 0 Å². The Morgan fingerprint density at radius 2 is 1.85 bits per heavy atom. The van der Waals surface area contributed by atoms with E-state index in [1.807, 2.05) is 6.92 Å². The highest BCUT2D eigenvalue weighted by atomic mass is 16.5. The maximum atomic E-state index is 9.43. The molecule has 0 aromatic carbocycles. The minimum Gasteiger partial charge on any atom is -0.389 e. The highest BCUT2D eigenvalue weighted by Crippen LogP contribution is 1.96. The minimum atomic E-state index is -0.374. The average Bonchev–Trinajstić information content (AvgIpc) is 2.16. The summed E-state index contributed by atoms with van der Waals surface area (Å²) >= 11 is 0. The number of hydrogen-bond donors (Lipinski definition) is 2. The summed E-state index contributed by atoms with van der Waals surface area (Å²) in [5, 5.41) is 12.7. The molecule has 0 aliphatic heterocycles. The first kappa shape index (κ1) is 12.9. The molecule has 13 heavy (non-hydrogen) atoms. The van der Waals surface area contributed by atoms with Gasteiger partial charge in [0.15, 0.2) is 0 Å². The molecule has 0 bridgehead atoms. The number of rotatable bonds is 8. The van der Waals surface area contributed by atoms with Crippen LogP contribution in [0.25, 0.3) is 0 Å². The summed E-state index contributed by atoms with van der Waals surface area (Å²) in [5.74, 6) is 0. The second kappa shape index (κ2) is 8.48. The lowest BCUT2D eigenvalue weighted by Gasteiger charge is -2.17. The zero-order valence-electron chi connectivity index (χ0n) is 9.05. The third-order valence-corrected chi connectivity index (χ3v) is 2.14. The van der Waals surface area contributed by atoms with Gasteiger partial charge in [-0.15, -0.1) is 0 Å². The number of ether oxygens (including phenoxy) is 1. The molecule has 3 heteroatoms. The fraction of sp³-hybridized carbons (Fsp3) is 1.00. The average molecular weight is 189 g/mol. The van der Waals surface area contributed by atoms with Gasteiger partial charge in [0.1, 0.15) is 0 Å².